The molecule has 0 saturated carbocycles. The number of carbonyl (C=O) groups is 1. The Morgan fingerprint density at radius 1 is 1.24 bits per heavy atom. The number of rotatable bonds is 2. The molecular formula is C15H10ClNO2S2. The average molecular weight is 336 g/mol. The minimum atomic E-state index is -0.0520. The minimum absolute atomic E-state index is 0.0520. The molecule has 0 bridgehead atoms. The van der Waals surface area contributed by atoms with E-state index in [9.17, 15) is 4.79 Å². The van der Waals surface area contributed by atoms with E-state index in [1.807, 2.05) is 42.7 Å². The second kappa shape index (κ2) is 6.13. The molecule has 1 aliphatic rings. The van der Waals surface area contributed by atoms with E-state index >= 15 is 0 Å². The molecule has 0 aliphatic carbocycles. The van der Waals surface area contributed by atoms with Gasteiger partial charge in [0, 0.05) is 16.7 Å². The van der Waals surface area contributed by atoms with Gasteiger partial charge in [0.25, 0.3) is 0 Å². The molecule has 1 aromatic carbocycles. The maximum Gasteiger partial charge on any atom is 0.244 e. The highest BCUT2D eigenvalue weighted by molar-refractivity contribution is 8.45. The van der Waals surface area contributed by atoms with Crippen LogP contribution in [0.5, 0.6) is 0 Å². The molecule has 2 aromatic rings. The summed E-state index contributed by atoms with van der Waals surface area (Å²) in [5.74, 6) is 1.33. The van der Waals surface area contributed by atoms with Gasteiger partial charge in [0.15, 0.2) is 0 Å². The normalized spacial score (nSPS) is 16.6. The molecule has 0 spiro atoms. The van der Waals surface area contributed by atoms with Crippen LogP contribution in [0.3, 0.4) is 0 Å². The van der Waals surface area contributed by atoms with Crippen molar-refractivity contribution in [1.29, 1.82) is 0 Å². The van der Waals surface area contributed by atoms with Crippen LogP contribution >= 0.6 is 35.1 Å². The van der Waals surface area contributed by atoms with Crippen molar-refractivity contribution >= 4 is 50.7 Å². The van der Waals surface area contributed by atoms with Crippen molar-refractivity contribution in [2.45, 2.75) is 0 Å². The van der Waals surface area contributed by atoms with Crippen LogP contribution in [-0.4, -0.2) is 15.7 Å². The van der Waals surface area contributed by atoms with Gasteiger partial charge in [0.2, 0.25) is 5.12 Å². The number of hydrogen-bond acceptors (Lipinski definition) is 5. The Morgan fingerprint density at radius 3 is 2.67 bits per heavy atom. The van der Waals surface area contributed by atoms with Gasteiger partial charge in [0.1, 0.15) is 21.6 Å². The van der Waals surface area contributed by atoms with Gasteiger partial charge in [0.05, 0.1) is 0 Å². The fourth-order valence-corrected chi connectivity index (χ4v) is 3.20. The Hall–Kier alpha value is -1.43. The average Bonchev–Trinajstić information content (AvgIpc) is 3.08. The first-order chi connectivity index (χ1) is 10.2. The lowest BCUT2D eigenvalue weighted by Crippen LogP contribution is -1.86. The van der Waals surface area contributed by atoms with Gasteiger partial charge in [-0.3, -0.25) is 4.79 Å². The fourth-order valence-electron chi connectivity index (χ4n) is 1.81. The summed E-state index contributed by atoms with van der Waals surface area (Å²) in [5.41, 5.74) is 1.35. The van der Waals surface area contributed by atoms with E-state index in [2.05, 4.69) is 4.99 Å². The van der Waals surface area contributed by atoms with Crippen molar-refractivity contribution < 1.29 is 9.21 Å². The van der Waals surface area contributed by atoms with Crippen LogP contribution in [0, 0.1) is 0 Å². The first kappa shape index (κ1) is 14.5. The zero-order chi connectivity index (χ0) is 14.8. The monoisotopic (exact) mass is 335 g/mol. The third-order valence-electron chi connectivity index (χ3n) is 2.81. The maximum absolute atomic E-state index is 11.8. The van der Waals surface area contributed by atoms with Gasteiger partial charge >= 0.3 is 0 Å². The van der Waals surface area contributed by atoms with Crippen molar-refractivity contribution in [3.05, 3.63) is 52.9 Å². The highest BCUT2D eigenvalue weighted by Gasteiger charge is 2.21. The molecule has 106 valence electrons. The molecule has 1 aliphatic heterocycles. The second-order valence-electron chi connectivity index (χ2n) is 4.21. The number of nitrogens with zero attached hydrogens (tertiary/aromatic N) is 1. The highest BCUT2D eigenvalue weighted by Crippen LogP contribution is 2.31. The molecule has 0 N–H and O–H groups in total. The number of aliphatic imine (C=N–C) groups is 1. The molecule has 0 radical (unpaired) electrons. The van der Waals surface area contributed by atoms with E-state index in [1.165, 1.54) is 11.8 Å². The lowest BCUT2D eigenvalue weighted by Gasteiger charge is -1.96. The molecule has 3 nitrogen and oxygen atoms in total. The standard InChI is InChI=1S/C15H10ClNO2S2/c1-20-15-17-12(14(18)21-15)8-11-6-7-13(19-11)9-2-4-10(16)5-3-9/h2-8H,1H3/b12-8-. The molecule has 0 unspecified atom stereocenters. The number of thioether (sulfide) groups is 2. The Morgan fingerprint density at radius 2 is 2.00 bits per heavy atom. The predicted molar refractivity (Wildman–Crippen MR) is 90.7 cm³/mol. The van der Waals surface area contributed by atoms with Gasteiger partial charge in [-0.25, -0.2) is 4.99 Å². The van der Waals surface area contributed by atoms with Crippen molar-refractivity contribution in [2.75, 3.05) is 6.26 Å². The van der Waals surface area contributed by atoms with E-state index in [4.69, 9.17) is 16.0 Å². The molecule has 0 atom stereocenters. The number of carbonyl (C=O) groups excluding carboxylic acids is 1. The molecule has 0 amide bonds. The van der Waals surface area contributed by atoms with Crippen LogP contribution in [0.15, 0.2) is 51.5 Å². The summed E-state index contributed by atoms with van der Waals surface area (Å²) >= 11 is 8.47. The van der Waals surface area contributed by atoms with E-state index < -0.39 is 0 Å². The summed E-state index contributed by atoms with van der Waals surface area (Å²) in [5, 5.41) is 0.629. The van der Waals surface area contributed by atoms with Crippen molar-refractivity contribution in [3.63, 3.8) is 0 Å². The summed E-state index contributed by atoms with van der Waals surface area (Å²) in [7, 11) is 0. The van der Waals surface area contributed by atoms with E-state index in [0.29, 0.717) is 16.5 Å². The van der Waals surface area contributed by atoms with Crippen LogP contribution in [0.1, 0.15) is 5.76 Å². The van der Waals surface area contributed by atoms with Crippen molar-refractivity contribution in [1.82, 2.24) is 0 Å². The zero-order valence-electron chi connectivity index (χ0n) is 11.0. The van der Waals surface area contributed by atoms with E-state index in [0.717, 1.165) is 27.5 Å². The maximum atomic E-state index is 11.8. The SMILES string of the molecule is CSC1=N/C(=C\c2ccc(-c3ccc(Cl)cc3)o2)C(=O)S1. The lowest BCUT2D eigenvalue weighted by atomic mass is 10.2. The molecule has 21 heavy (non-hydrogen) atoms. The molecule has 0 fully saturated rings. The molecule has 0 saturated heterocycles. The van der Waals surface area contributed by atoms with Crippen LogP contribution in [0.4, 0.5) is 0 Å². The number of hydrogen-bond donors (Lipinski definition) is 0. The summed E-state index contributed by atoms with van der Waals surface area (Å²) in [6.07, 6.45) is 3.56. The van der Waals surface area contributed by atoms with Crippen molar-refractivity contribution in [3.8, 4) is 11.3 Å². The first-order valence-corrected chi connectivity index (χ1v) is 8.50. The highest BCUT2D eigenvalue weighted by atomic mass is 35.5. The third kappa shape index (κ3) is 3.26. The predicted octanol–water partition coefficient (Wildman–Crippen LogP) is 4.93. The second-order valence-corrected chi connectivity index (χ2v) is 6.66. The van der Waals surface area contributed by atoms with Crippen LogP contribution in [0.2, 0.25) is 5.02 Å². The quantitative estimate of drug-likeness (QED) is 0.729. The Kier molecular flexibility index (Phi) is 4.24. The zero-order valence-corrected chi connectivity index (χ0v) is 13.4. The van der Waals surface area contributed by atoms with Crippen LogP contribution < -0.4 is 0 Å². The summed E-state index contributed by atoms with van der Waals surface area (Å²) < 4.78 is 6.49. The lowest BCUT2D eigenvalue weighted by molar-refractivity contribution is -0.107. The largest absolute Gasteiger partial charge is 0.457 e. The number of furan rings is 1. The van der Waals surface area contributed by atoms with E-state index in [1.54, 1.807) is 6.08 Å². The Labute approximate surface area is 135 Å². The molecule has 1 aromatic heterocycles. The van der Waals surface area contributed by atoms with E-state index in [-0.39, 0.29) is 5.12 Å². The summed E-state index contributed by atoms with van der Waals surface area (Å²) in [6, 6.07) is 11.1. The van der Waals surface area contributed by atoms with Gasteiger partial charge in [-0.15, -0.1) is 11.8 Å². The smallest absolute Gasteiger partial charge is 0.244 e. The van der Waals surface area contributed by atoms with Gasteiger partial charge in [-0.05, 0) is 54.4 Å². The third-order valence-corrected chi connectivity index (χ3v) is 4.91. The van der Waals surface area contributed by atoms with Gasteiger partial charge in [-0.1, -0.05) is 11.6 Å². The van der Waals surface area contributed by atoms with Gasteiger partial charge in [-0.2, -0.15) is 0 Å². The first-order valence-electron chi connectivity index (χ1n) is 6.08. The minimum Gasteiger partial charge on any atom is -0.457 e. The van der Waals surface area contributed by atoms with Gasteiger partial charge < -0.3 is 4.42 Å². The molecule has 3 rings (SSSR count). The number of halogens is 1. The Bertz CT molecular complexity index is 747. The molecule has 2 heterocycles. The van der Waals surface area contributed by atoms with Crippen LogP contribution in [0.25, 0.3) is 17.4 Å². The molecular weight excluding hydrogens is 326 g/mol. The van der Waals surface area contributed by atoms with Crippen molar-refractivity contribution in [2.24, 2.45) is 4.99 Å². The number of benzene rings is 1. The topological polar surface area (TPSA) is 42.6 Å². The Balaban J connectivity index is 1.87. The van der Waals surface area contributed by atoms with Crippen LogP contribution in [-0.2, 0) is 4.79 Å². The molecule has 6 heteroatoms. The summed E-state index contributed by atoms with van der Waals surface area (Å²) in [4.78, 5) is 16.0. The summed E-state index contributed by atoms with van der Waals surface area (Å²) in [6.45, 7) is 0. The fraction of sp³-hybridized carbons (Fsp3) is 0.0667.